The summed E-state index contributed by atoms with van der Waals surface area (Å²) in [5, 5.41) is 0.224. The molecule has 0 unspecified atom stereocenters. The number of alkyl halides is 1. The first kappa shape index (κ1) is 18.3. The van der Waals surface area contributed by atoms with E-state index in [0.29, 0.717) is 22.9 Å². The molecule has 1 aromatic heterocycles. The maximum absolute atomic E-state index is 13.1. The van der Waals surface area contributed by atoms with Crippen molar-refractivity contribution in [2.45, 2.75) is 0 Å². The Kier molecular flexibility index (Phi) is 4.92. The summed E-state index contributed by atoms with van der Waals surface area (Å²) in [4.78, 5) is 37.8. The molecule has 0 saturated carbocycles. The standard InChI is InChI=1S/C21H17BrN4O2/c1-25-17-9-5-6-10-18(17)26(13-15(27)11-22)20-16(21(25)28)12-23-19(24-20)14-7-3-2-4-8-14/h2-10,12H,11,13H2,1H3. The summed E-state index contributed by atoms with van der Waals surface area (Å²) in [7, 11) is 1.71. The Balaban J connectivity index is 1.94. The van der Waals surface area contributed by atoms with Crippen molar-refractivity contribution in [3.8, 4) is 11.4 Å². The average Bonchev–Trinajstić information content (AvgIpc) is 2.84. The van der Waals surface area contributed by atoms with Gasteiger partial charge in [0, 0.05) is 18.8 Å². The summed E-state index contributed by atoms with van der Waals surface area (Å²) in [6.07, 6.45) is 1.54. The maximum atomic E-state index is 13.1. The number of carbonyl (C=O) groups is 2. The summed E-state index contributed by atoms with van der Waals surface area (Å²) in [5.41, 5.74) is 2.68. The molecule has 0 radical (unpaired) electrons. The van der Waals surface area contributed by atoms with Gasteiger partial charge in [-0.1, -0.05) is 58.4 Å². The number of hydrogen-bond acceptors (Lipinski definition) is 5. The lowest BCUT2D eigenvalue weighted by Gasteiger charge is -2.25. The minimum Gasteiger partial charge on any atom is -0.316 e. The van der Waals surface area contributed by atoms with Gasteiger partial charge in [0.2, 0.25) is 0 Å². The minimum atomic E-state index is -0.212. The van der Waals surface area contributed by atoms with Crippen LogP contribution in [0.4, 0.5) is 17.2 Å². The Hall–Kier alpha value is -3.06. The number of halogens is 1. The third kappa shape index (κ3) is 3.18. The molecule has 4 rings (SSSR count). The van der Waals surface area contributed by atoms with Crippen LogP contribution in [0.1, 0.15) is 10.4 Å². The number of para-hydroxylation sites is 2. The Labute approximate surface area is 171 Å². The second-order valence-electron chi connectivity index (χ2n) is 6.41. The summed E-state index contributed by atoms with van der Waals surface area (Å²) in [6.45, 7) is 0.0988. The molecule has 2 aromatic carbocycles. The van der Waals surface area contributed by atoms with Crippen LogP contribution in [-0.4, -0.2) is 40.6 Å². The highest BCUT2D eigenvalue weighted by Gasteiger charge is 2.31. The smallest absolute Gasteiger partial charge is 0.263 e. The molecule has 0 N–H and O–H groups in total. The molecule has 0 bridgehead atoms. The predicted octanol–water partition coefficient (Wildman–Crippen LogP) is 3.84. The first-order valence-corrected chi connectivity index (χ1v) is 9.87. The zero-order chi connectivity index (χ0) is 19.7. The van der Waals surface area contributed by atoms with Crippen LogP contribution in [0.3, 0.4) is 0 Å². The zero-order valence-electron chi connectivity index (χ0n) is 15.2. The van der Waals surface area contributed by atoms with Crippen LogP contribution in [0.25, 0.3) is 11.4 Å². The van der Waals surface area contributed by atoms with E-state index in [-0.39, 0.29) is 23.6 Å². The first-order chi connectivity index (χ1) is 13.6. The van der Waals surface area contributed by atoms with Gasteiger partial charge >= 0.3 is 0 Å². The topological polar surface area (TPSA) is 66.4 Å². The van der Waals surface area contributed by atoms with Crippen LogP contribution in [0.2, 0.25) is 0 Å². The van der Waals surface area contributed by atoms with E-state index in [1.165, 1.54) is 0 Å². The molecule has 3 aromatic rings. The molecular weight excluding hydrogens is 420 g/mol. The Morgan fingerprint density at radius 1 is 1.04 bits per heavy atom. The van der Waals surface area contributed by atoms with Gasteiger partial charge in [-0.25, -0.2) is 9.97 Å². The van der Waals surface area contributed by atoms with Crippen LogP contribution in [0, 0.1) is 0 Å². The number of Topliss-reactive ketones (excluding diaryl/α,β-unsaturated/α-hetero) is 1. The summed E-state index contributed by atoms with van der Waals surface area (Å²) >= 11 is 3.23. The quantitative estimate of drug-likeness (QED) is 0.581. The van der Waals surface area contributed by atoms with E-state index in [9.17, 15) is 9.59 Å². The van der Waals surface area contributed by atoms with Crippen molar-refractivity contribution in [2.24, 2.45) is 0 Å². The van der Waals surface area contributed by atoms with Crippen LogP contribution >= 0.6 is 15.9 Å². The molecule has 2 heterocycles. The monoisotopic (exact) mass is 436 g/mol. The molecule has 1 aliphatic rings. The lowest BCUT2D eigenvalue weighted by molar-refractivity contribution is -0.115. The van der Waals surface area contributed by atoms with Crippen LogP contribution in [0.5, 0.6) is 0 Å². The molecule has 0 saturated heterocycles. The van der Waals surface area contributed by atoms with E-state index in [4.69, 9.17) is 4.98 Å². The van der Waals surface area contributed by atoms with Crippen molar-refractivity contribution in [1.82, 2.24) is 9.97 Å². The van der Waals surface area contributed by atoms with Gasteiger partial charge in [-0.3, -0.25) is 9.59 Å². The number of nitrogens with zero attached hydrogens (tertiary/aromatic N) is 4. The molecule has 0 spiro atoms. The average molecular weight is 437 g/mol. The van der Waals surface area contributed by atoms with E-state index >= 15 is 0 Å². The Morgan fingerprint density at radius 2 is 1.71 bits per heavy atom. The number of carbonyl (C=O) groups excluding carboxylic acids is 2. The highest BCUT2D eigenvalue weighted by atomic mass is 79.9. The van der Waals surface area contributed by atoms with Gasteiger partial charge in [-0.2, -0.15) is 0 Å². The molecule has 7 heteroatoms. The van der Waals surface area contributed by atoms with Crippen molar-refractivity contribution in [3.05, 3.63) is 66.4 Å². The fourth-order valence-electron chi connectivity index (χ4n) is 3.21. The normalized spacial score (nSPS) is 13.0. The van der Waals surface area contributed by atoms with Gasteiger partial charge in [-0.15, -0.1) is 0 Å². The molecule has 28 heavy (non-hydrogen) atoms. The van der Waals surface area contributed by atoms with Gasteiger partial charge in [0.15, 0.2) is 17.4 Å². The third-order valence-corrected chi connectivity index (χ3v) is 5.23. The Morgan fingerprint density at radius 3 is 2.43 bits per heavy atom. The number of amides is 1. The molecule has 0 atom stereocenters. The van der Waals surface area contributed by atoms with Crippen molar-refractivity contribution >= 4 is 44.8 Å². The molecular formula is C21H17BrN4O2. The number of benzene rings is 2. The summed E-state index contributed by atoms with van der Waals surface area (Å²) in [6, 6.07) is 17.0. The van der Waals surface area contributed by atoms with Gasteiger partial charge in [0.05, 0.1) is 23.2 Å². The van der Waals surface area contributed by atoms with E-state index in [1.54, 1.807) is 23.0 Å². The Bertz CT molecular complexity index is 1060. The zero-order valence-corrected chi connectivity index (χ0v) is 16.8. The summed E-state index contributed by atoms with van der Waals surface area (Å²) < 4.78 is 0. The third-order valence-electron chi connectivity index (χ3n) is 4.61. The fourth-order valence-corrected chi connectivity index (χ4v) is 3.39. The van der Waals surface area contributed by atoms with Gasteiger partial charge in [0.25, 0.3) is 5.91 Å². The molecule has 140 valence electrons. The second kappa shape index (κ2) is 7.52. The van der Waals surface area contributed by atoms with E-state index in [2.05, 4.69) is 20.9 Å². The SMILES string of the molecule is CN1C(=O)c2cnc(-c3ccccc3)nc2N(CC(=O)CBr)c2ccccc21. The van der Waals surface area contributed by atoms with Crippen molar-refractivity contribution < 1.29 is 9.59 Å². The highest BCUT2D eigenvalue weighted by Crippen LogP contribution is 2.39. The summed E-state index contributed by atoms with van der Waals surface area (Å²) in [5.74, 6) is 0.712. The maximum Gasteiger partial charge on any atom is 0.263 e. The van der Waals surface area contributed by atoms with Crippen molar-refractivity contribution in [2.75, 3.05) is 28.7 Å². The predicted molar refractivity (Wildman–Crippen MR) is 112 cm³/mol. The minimum absolute atomic E-state index is 0.0161. The highest BCUT2D eigenvalue weighted by molar-refractivity contribution is 9.09. The number of rotatable bonds is 4. The van der Waals surface area contributed by atoms with Crippen LogP contribution in [-0.2, 0) is 4.79 Å². The van der Waals surface area contributed by atoms with Gasteiger partial charge < -0.3 is 9.80 Å². The van der Waals surface area contributed by atoms with Gasteiger partial charge in [0.1, 0.15) is 5.56 Å². The molecule has 0 fully saturated rings. The van der Waals surface area contributed by atoms with Crippen molar-refractivity contribution in [1.29, 1.82) is 0 Å². The first-order valence-electron chi connectivity index (χ1n) is 8.75. The van der Waals surface area contributed by atoms with E-state index in [1.807, 2.05) is 54.6 Å². The number of aromatic nitrogens is 2. The lowest BCUT2D eigenvalue weighted by Crippen LogP contribution is -2.27. The largest absolute Gasteiger partial charge is 0.316 e. The number of anilines is 3. The molecule has 1 aliphatic heterocycles. The van der Waals surface area contributed by atoms with Crippen LogP contribution in [0.15, 0.2) is 60.8 Å². The molecule has 0 aliphatic carbocycles. The lowest BCUT2D eigenvalue weighted by atomic mass is 10.2. The van der Waals surface area contributed by atoms with Crippen LogP contribution < -0.4 is 9.80 Å². The van der Waals surface area contributed by atoms with E-state index < -0.39 is 0 Å². The number of fused-ring (bicyclic) bond motifs is 2. The van der Waals surface area contributed by atoms with Gasteiger partial charge in [-0.05, 0) is 12.1 Å². The second-order valence-corrected chi connectivity index (χ2v) is 6.97. The number of hydrogen-bond donors (Lipinski definition) is 0. The number of ketones is 1. The molecule has 1 amide bonds. The fraction of sp³-hybridized carbons (Fsp3) is 0.143. The molecule has 6 nitrogen and oxygen atoms in total. The van der Waals surface area contributed by atoms with Crippen molar-refractivity contribution in [3.63, 3.8) is 0 Å². The van der Waals surface area contributed by atoms with E-state index in [0.717, 1.165) is 11.3 Å².